The van der Waals surface area contributed by atoms with Gasteiger partial charge in [0.25, 0.3) is 0 Å². The van der Waals surface area contributed by atoms with Gasteiger partial charge in [0, 0.05) is 10.5 Å². The van der Waals surface area contributed by atoms with Crippen molar-refractivity contribution in [2.45, 2.75) is 18.9 Å². The van der Waals surface area contributed by atoms with Gasteiger partial charge in [-0.2, -0.15) is 0 Å². The predicted molar refractivity (Wildman–Crippen MR) is 83.1 cm³/mol. The highest BCUT2D eigenvalue weighted by Gasteiger charge is 2.27. The fraction of sp³-hybridized carbons (Fsp3) is 0.294. The van der Waals surface area contributed by atoms with E-state index in [1.807, 2.05) is 0 Å². The molecule has 2 aromatic rings. The molecule has 0 aromatic heterocycles. The fourth-order valence-electron chi connectivity index (χ4n) is 2.95. The Morgan fingerprint density at radius 1 is 1.00 bits per heavy atom. The van der Waals surface area contributed by atoms with Crippen molar-refractivity contribution in [2.75, 3.05) is 6.54 Å². The van der Waals surface area contributed by atoms with Gasteiger partial charge in [0.05, 0.1) is 0 Å². The second-order valence-electron chi connectivity index (χ2n) is 5.22. The Bertz CT molecular complexity index is 521. The molecule has 2 unspecified atom stereocenters. The Morgan fingerprint density at radius 3 is 2.47 bits per heavy atom. The third kappa shape index (κ3) is 3.07. The second-order valence-corrected chi connectivity index (χ2v) is 6.14. The Labute approximate surface area is 123 Å². The summed E-state index contributed by atoms with van der Waals surface area (Å²) >= 11 is 3.50. The zero-order valence-electron chi connectivity index (χ0n) is 10.9. The monoisotopic (exact) mass is 315 g/mol. The van der Waals surface area contributed by atoms with E-state index in [1.165, 1.54) is 17.5 Å². The molecule has 0 bridgehead atoms. The van der Waals surface area contributed by atoms with Gasteiger partial charge < -0.3 is 5.32 Å². The van der Waals surface area contributed by atoms with Gasteiger partial charge in [-0.15, -0.1) is 0 Å². The first-order valence-corrected chi connectivity index (χ1v) is 7.65. The van der Waals surface area contributed by atoms with Crippen molar-refractivity contribution in [3.8, 4) is 0 Å². The summed E-state index contributed by atoms with van der Waals surface area (Å²) in [5.74, 6) is 0.698. The molecule has 3 rings (SSSR count). The Balaban J connectivity index is 1.76. The molecule has 1 aliphatic rings. The summed E-state index contributed by atoms with van der Waals surface area (Å²) in [4.78, 5) is 0. The van der Waals surface area contributed by atoms with Gasteiger partial charge in [-0.25, -0.2) is 0 Å². The van der Waals surface area contributed by atoms with Crippen LogP contribution in [0.15, 0.2) is 59.1 Å². The summed E-state index contributed by atoms with van der Waals surface area (Å²) in [5.41, 5.74) is 2.85. The van der Waals surface area contributed by atoms with Crippen molar-refractivity contribution in [3.63, 3.8) is 0 Å². The van der Waals surface area contributed by atoms with Crippen LogP contribution in [0.1, 0.15) is 23.6 Å². The molecule has 98 valence electrons. The molecule has 0 aliphatic carbocycles. The van der Waals surface area contributed by atoms with Gasteiger partial charge in [0.15, 0.2) is 0 Å². The summed E-state index contributed by atoms with van der Waals surface area (Å²) in [6.07, 6.45) is 2.42. The number of hydrogen-bond acceptors (Lipinski definition) is 1. The zero-order chi connectivity index (χ0) is 13.1. The van der Waals surface area contributed by atoms with Crippen molar-refractivity contribution in [2.24, 2.45) is 5.92 Å². The molecule has 1 heterocycles. The Kier molecular flexibility index (Phi) is 4.00. The maximum Gasteiger partial charge on any atom is 0.0352 e. The highest BCUT2D eigenvalue weighted by molar-refractivity contribution is 9.10. The largest absolute Gasteiger partial charge is 0.310 e. The summed E-state index contributed by atoms with van der Waals surface area (Å²) in [6, 6.07) is 20.0. The van der Waals surface area contributed by atoms with Crippen molar-refractivity contribution in [1.82, 2.24) is 5.32 Å². The van der Waals surface area contributed by atoms with Crippen LogP contribution in [0, 0.1) is 5.92 Å². The van der Waals surface area contributed by atoms with E-state index in [9.17, 15) is 0 Å². The minimum atomic E-state index is 0.494. The fourth-order valence-corrected chi connectivity index (χ4v) is 3.22. The average molecular weight is 316 g/mol. The summed E-state index contributed by atoms with van der Waals surface area (Å²) in [7, 11) is 0. The van der Waals surface area contributed by atoms with Gasteiger partial charge in [-0.1, -0.05) is 58.4 Å². The molecule has 2 aromatic carbocycles. The lowest BCUT2D eigenvalue weighted by Gasteiger charge is -2.20. The highest BCUT2D eigenvalue weighted by Crippen LogP contribution is 2.32. The molecule has 0 radical (unpaired) electrons. The van der Waals surface area contributed by atoms with Crippen LogP contribution in [-0.4, -0.2) is 6.54 Å². The molecule has 0 amide bonds. The molecule has 1 saturated heterocycles. The Morgan fingerprint density at radius 2 is 1.74 bits per heavy atom. The van der Waals surface area contributed by atoms with E-state index < -0.39 is 0 Å². The quantitative estimate of drug-likeness (QED) is 0.888. The first kappa shape index (κ1) is 12.9. The van der Waals surface area contributed by atoms with E-state index in [1.54, 1.807) is 0 Å². The summed E-state index contributed by atoms with van der Waals surface area (Å²) in [5, 5.41) is 3.65. The molecule has 2 atom stereocenters. The van der Waals surface area contributed by atoms with Crippen LogP contribution in [0.3, 0.4) is 0 Å². The van der Waals surface area contributed by atoms with E-state index in [4.69, 9.17) is 0 Å². The molecule has 0 saturated carbocycles. The number of benzene rings is 2. The molecule has 1 aliphatic heterocycles. The van der Waals surface area contributed by atoms with E-state index >= 15 is 0 Å². The van der Waals surface area contributed by atoms with E-state index in [2.05, 4.69) is 75.8 Å². The van der Waals surface area contributed by atoms with Gasteiger partial charge in [-0.05, 0) is 48.6 Å². The van der Waals surface area contributed by atoms with Crippen molar-refractivity contribution < 1.29 is 0 Å². The standard InChI is InChI=1S/C17H18BrN/c18-16-8-6-14(7-9-16)17-15(10-11-19-17)12-13-4-2-1-3-5-13/h1-9,15,17,19H,10-12H2. The van der Waals surface area contributed by atoms with Gasteiger partial charge >= 0.3 is 0 Å². The van der Waals surface area contributed by atoms with Crippen LogP contribution in [0.5, 0.6) is 0 Å². The molecule has 19 heavy (non-hydrogen) atoms. The zero-order valence-corrected chi connectivity index (χ0v) is 12.4. The van der Waals surface area contributed by atoms with E-state index in [-0.39, 0.29) is 0 Å². The summed E-state index contributed by atoms with van der Waals surface area (Å²) in [6.45, 7) is 1.12. The first-order chi connectivity index (χ1) is 9.33. The minimum absolute atomic E-state index is 0.494. The van der Waals surface area contributed by atoms with Gasteiger partial charge in [-0.3, -0.25) is 0 Å². The van der Waals surface area contributed by atoms with Crippen LogP contribution in [0.2, 0.25) is 0 Å². The van der Waals surface area contributed by atoms with Crippen LogP contribution >= 0.6 is 15.9 Å². The van der Waals surface area contributed by atoms with Crippen molar-refractivity contribution >= 4 is 15.9 Å². The van der Waals surface area contributed by atoms with Crippen LogP contribution in [0.25, 0.3) is 0 Å². The van der Waals surface area contributed by atoms with Gasteiger partial charge in [0.1, 0.15) is 0 Å². The number of rotatable bonds is 3. The first-order valence-electron chi connectivity index (χ1n) is 6.86. The third-order valence-corrected chi connectivity index (χ3v) is 4.45. The summed E-state index contributed by atoms with van der Waals surface area (Å²) < 4.78 is 1.15. The lowest BCUT2D eigenvalue weighted by atomic mass is 9.89. The molecule has 1 N–H and O–H groups in total. The van der Waals surface area contributed by atoms with E-state index in [0.29, 0.717) is 12.0 Å². The van der Waals surface area contributed by atoms with E-state index in [0.717, 1.165) is 17.4 Å². The molecular formula is C17H18BrN. The van der Waals surface area contributed by atoms with Crippen molar-refractivity contribution in [3.05, 3.63) is 70.2 Å². The molecule has 0 spiro atoms. The SMILES string of the molecule is Brc1ccc(C2NCCC2Cc2ccccc2)cc1. The maximum absolute atomic E-state index is 3.65. The topological polar surface area (TPSA) is 12.0 Å². The van der Waals surface area contributed by atoms with Crippen LogP contribution in [-0.2, 0) is 6.42 Å². The lowest BCUT2D eigenvalue weighted by molar-refractivity contribution is 0.460. The smallest absolute Gasteiger partial charge is 0.0352 e. The normalized spacial score (nSPS) is 22.6. The molecule has 1 nitrogen and oxygen atoms in total. The molecule has 1 fully saturated rings. The average Bonchev–Trinajstić information content (AvgIpc) is 2.89. The maximum atomic E-state index is 3.65. The van der Waals surface area contributed by atoms with Gasteiger partial charge in [0.2, 0.25) is 0 Å². The van der Waals surface area contributed by atoms with Crippen LogP contribution < -0.4 is 5.32 Å². The number of hydrogen-bond donors (Lipinski definition) is 1. The third-order valence-electron chi connectivity index (χ3n) is 3.92. The minimum Gasteiger partial charge on any atom is -0.310 e. The predicted octanol–water partition coefficient (Wildman–Crippen LogP) is 4.34. The van der Waals surface area contributed by atoms with Crippen molar-refractivity contribution in [1.29, 1.82) is 0 Å². The molecule has 2 heteroatoms. The number of nitrogens with one attached hydrogen (secondary N) is 1. The Hall–Kier alpha value is -1.12. The number of halogens is 1. The molecular weight excluding hydrogens is 298 g/mol. The second kappa shape index (κ2) is 5.89. The highest BCUT2D eigenvalue weighted by atomic mass is 79.9. The lowest BCUT2D eigenvalue weighted by Crippen LogP contribution is -2.19. The van der Waals surface area contributed by atoms with Crippen LogP contribution in [0.4, 0.5) is 0 Å².